The van der Waals surface area contributed by atoms with E-state index in [0.717, 1.165) is 19.1 Å². The Morgan fingerprint density at radius 2 is 2.13 bits per heavy atom. The number of amides is 1. The summed E-state index contributed by atoms with van der Waals surface area (Å²) in [5.41, 5.74) is 4.91. The van der Waals surface area contributed by atoms with Crippen LogP contribution < -0.4 is 11.1 Å². The zero-order chi connectivity index (χ0) is 11.5. The van der Waals surface area contributed by atoms with Gasteiger partial charge in [0, 0.05) is 19.1 Å². The molecule has 1 amide bonds. The van der Waals surface area contributed by atoms with Crippen LogP contribution in [0.2, 0.25) is 0 Å². The van der Waals surface area contributed by atoms with Crippen LogP contribution in [0.25, 0.3) is 0 Å². The quantitative estimate of drug-likeness (QED) is 0.668. The first kappa shape index (κ1) is 12.5. The van der Waals surface area contributed by atoms with E-state index < -0.39 is 5.54 Å². The highest BCUT2D eigenvalue weighted by molar-refractivity contribution is 5.84. The Hall–Kier alpha value is -0.610. The average molecular weight is 213 g/mol. The minimum Gasteiger partial charge on any atom is -0.353 e. The molecule has 1 aliphatic rings. The van der Waals surface area contributed by atoms with E-state index in [-0.39, 0.29) is 5.91 Å². The summed E-state index contributed by atoms with van der Waals surface area (Å²) in [5, 5.41) is 2.86. The molecule has 4 nitrogen and oxygen atoms in total. The highest BCUT2D eigenvalue weighted by Gasteiger charge is 2.27. The molecule has 1 fully saturated rings. The summed E-state index contributed by atoms with van der Waals surface area (Å²) in [6, 6.07) is 0.762. The van der Waals surface area contributed by atoms with Gasteiger partial charge in [0.2, 0.25) is 5.91 Å². The van der Waals surface area contributed by atoms with Gasteiger partial charge in [-0.3, -0.25) is 9.69 Å². The van der Waals surface area contributed by atoms with E-state index in [9.17, 15) is 4.79 Å². The van der Waals surface area contributed by atoms with Crippen molar-refractivity contribution in [2.75, 3.05) is 19.6 Å². The second kappa shape index (κ2) is 4.94. The van der Waals surface area contributed by atoms with Crippen LogP contribution in [0.4, 0.5) is 0 Å². The first-order valence-electron chi connectivity index (χ1n) is 5.76. The summed E-state index contributed by atoms with van der Waals surface area (Å²) < 4.78 is 0. The highest BCUT2D eigenvalue weighted by atomic mass is 16.2. The standard InChI is InChI=1S/C11H23N3O/c1-4-14(9-5-6-9)8-7-13-10(15)11(2,3)12/h9H,4-8,12H2,1-3H3,(H,13,15). The van der Waals surface area contributed by atoms with Crippen LogP contribution >= 0.6 is 0 Å². The van der Waals surface area contributed by atoms with Gasteiger partial charge in [0.25, 0.3) is 0 Å². The van der Waals surface area contributed by atoms with Gasteiger partial charge in [0.05, 0.1) is 5.54 Å². The third-order valence-corrected chi connectivity index (χ3v) is 2.74. The van der Waals surface area contributed by atoms with Crippen molar-refractivity contribution in [1.29, 1.82) is 0 Å². The molecule has 0 aliphatic heterocycles. The summed E-state index contributed by atoms with van der Waals surface area (Å²) >= 11 is 0. The lowest BCUT2D eigenvalue weighted by atomic mass is 10.1. The maximum Gasteiger partial charge on any atom is 0.239 e. The second-order valence-electron chi connectivity index (χ2n) is 4.84. The number of carbonyl (C=O) groups excluding carboxylic acids is 1. The van der Waals surface area contributed by atoms with Gasteiger partial charge in [-0.1, -0.05) is 6.92 Å². The number of nitrogens with zero attached hydrogens (tertiary/aromatic N) is 1. The molecule has 0 saturated heterocycles. The van der Waals surface area contributed by atoms with Crippen molar-refractivity contribution in [3.63, 3.8) is 0 Å². The smallest absolute Gasteiger partial charge is 0.239 e. The predicted octanol–water partition coefficient (Wildman–Crippen LogP) is 0.324. The third-order valence-electron chi connectivity index (χ3n) is 2.74. The lowest BCUT2D eigenvalue weighted by Crippen LogP contribution is -2.50. The van der Waals surface area contributed by atoms with E-state index in [1.54, 1.807) is 13.8 Å². The SMILES string of the molecule is CCN(CCNC(=O)C(C)(C)N)C1CC1. The van der Waals surface area contributed by atoms with Crippen LogP contribution in [-0.2, 0) is 4.79 Å². The molecular weight excluding hydrogens is 190 g/mol. The molecule has 0 heterocycles. The molecule has 15 heavy (non-hydrogen) atoms. The number of rotatable bonds is 6. The number of likely N-dealkylation sites (N-methyl/N-ethyl adjacent to an activating group) is 1. The van der Waals surface area contributed by atoms with E-state index in [4.69, 9.17) is 5.73 Å². The fraction of sp³-hybridized carbons (Fsp3) is 0.909. The van der Waals surface area contributed by atoms with Gasteiger partial charge in [-0.25, -0.2) is 0 Å². The van der Waals surface area contributed by atoms with Crippen LogP contribution in [0.5, 0.6) is 0 Å². The summed E-state index contributed by atoms with van der Waals surface area (Å²) in [6.07, 6.45) is 2.62. The maximum absolute atomic E-state index is 11.5. The molecule has 0 aromatic rings. The Labute approximate surface area is 92.2 Å². The first-order valence-corrected chi connectivity index (χ1v) is 5.76. The molecule has 0 aromatic heterocycles. The summed E-state index contributed by atoms with van der Waals surface area (Å²) in [4.78, 5) is 13.9. The number of hydrogen-bond acceptors (Lipinski definition) is 3. The second-order valence-corrected chi connectivity index (χ2v) is 4.84. The summed E-state index contributed by atoms with van der Waals surface area (Å²) in [6.45, 7) is 8.30. The molecule has 4 heteroatoms. The number of nitrogens with two attached hydrogens (primary N) is 1. The van der Waals surface area contributed by atoms with Gasteiger partial charge in [-0.2, -0.15) is 0 Å². The van der Waals surface area contributed by atoms with Crippen LogP contribution in [0.3, 0.4) is 0 Å². The van der Waals surface area contributed by atoms with Crippen molar-refractivity contribution in [1.82, 2.24) is 10.2 Å². The van der Waals surface area contributed by atoms with Crippen LogP contribution in [0.15, 0.2) is 0 Å². The predicted molar refractivity (Wildman–Crippen MR) is 61.5 cm³/mol. The van der Waals surface area contributed by atoms with E-state index in [2.05, 4.69) is 17.1 Å². The molecule has 1 rings (SSSR count). The van der Waals surface area contributed by atoms with E-state index in [1.807, 2.05) is 0 Å². The highest BCUT2D eigenvalue weighted by Crippen LogP contribution is 2.25. The molecule has 0 radical (unpaired) electrons. The fourth-order valence-corrected chi connectivity index (χ4v) is 1.58. The number of hydrogen-bond donors (Lipinski definition) is 2. The van der Waals surface area contributed by atoms with Crippen molar-refractivity contribution in [2.45, 2.75) is 45.2 Å². The van der Waals surface area contributed by atoms with Gasteiger partial charge in [0.15, 0.2) is 0 Å². The maximum atomic E-state index is 11.5. The fourth-order valence-electron chi connectivity index (χ4n) is 1.58. The number of carbonyl (C=O) groups is 1. The molecule has 0 unspecified atom stereocenters. The Balaban J connectivity index is 2.17. The van der Waals surface area contributed by atoms with Crippen molar-refractivity contribution >= 4 is 5.91 Å². The Bertz CT molecular complexity index is 218. The third kappa shape index (κ3) is 4.18. The zero-order valence-corrected chi connectivity index (χ0v) is 10.0. The molecule has 88 valence electrons. The zero-order valence-electron chi connectivity index (χ0n) is 10.0. The van der Waals surface area contributed by atoms with Crippen molar-refractivity contribution in [3.8, 4) is 0 Å². The van der Waals surface area contributed by atoms with Gasteiger partial charge in [0.1, 0.15) is 0 Å². The summed E-state index contributed by atoms with van der Waals surface area (Å²) in [7, 11) is 0. The monoisotopic (exact) mass is 213 g/mol. The molecule has 0 bridgehead atoms. The van der Waals surface area contributed by atoms with Gasteiger partial charge < -0.3 is 11.1 Å². The molecular formula is C11H23N3O. The van der Waals surface area contributed by atoms with Gasteiger partial charge >= 0.3 is 0 Å². The Morgan fingerprint density at radius 1 is 1.53 bits per heavy atom. The van der Waals surface area contributed by atoms with E-state index in [0.29, 0.717) is 6.54 Å². The minimum atomic E-state index is -0.767. The number of nitrogens with one attached hydrogen (secondary N) is 1. The van der Waals surface area contributed by atoms with Crippen molar-refractivity contribution < 1.29 is 4.79 Å². The molecule has 0 atom stereocenters. The molecule has 1 aliphatic carbocycles. The summed E-state index contributed by atoms with van der Waals surface area (Å²) in [5.74, 6) is -0.0747. The topological polar surface area (TPSA) is 58.4 Å². The molecule has 0 aromatic carbocycles. The van der Waals surface area contributed by atoms with Gasteiger partial charge in [-0.15, -0.1) is 0 Å². The molecule has 0 spiro atoms. The lowest BCUT2D eigenvalue weighted by molar-refractivity contribution is -0.125. The Morgan fingerprint density at radius 3 is 2.53 bits per heavy atom. The lowest BCUT2D eigenvalue weighted by Gasteiger charge is -2.22. The molecule has 1 saturated carbocycles. The van der Waals surface area contributed by atoms with E-state index >= 15 is 0 Å². The molecule has 3 N–H and O–H groups in total. The van der Waals surface area contributed by atoms with Gasteiger partial charge in [-0.05, 0) is 33.2 Å². The van der Waals surface area contributed by atoms with Crippen LogP contribution in [0, 0.1) is 0 Å². The van der Waals surface area contributed by atoms with Crippen LogP contribution in [0.1, 0.15) is 33.6 Å². The van der Waals surface area contributed by atoms with Crippen molar-refractivity contribution in [3.05, 3.63) is 0 Å². The first-order chi connectivity index (χ1) is 6.95. The van der Waals surface area contributed by atoms with Crippen LogP contribution in [-0.4, -0.2) is 42.0 Å². The van der Waals surface area contributed by atoms with Crippen molar-refractivity contribution in [2.24, 2.45) is 5.73 Å². The average Bonchev–Trinajstić information content (AvgIpc) is 2.93. The normalized spacial score (nSPS) is 16.9. The Kier molecular flexibility index (Phi) is 4.11. The minimum absolute atomic E-state index is 0.0747. The largest absolute Gasteiger partial charge is 0.353 e. The van der Waals surface area contributed by atoms with E-state index in [1.165, 1.54) is 12.8 Å².